The van der Waals surface area contributed by atoms with Crippen LogP contribution in [0.2, 0.25) is 0 Å². The topological polar surface area (TPSA) is 30.5 Å². The minimum absolute atomic E-state index is 0.219. The lowest BCUT2D eigenvalue weighted by molar-refractivity contribution is 0.191. The second kappa shape index (κ2) is 8.81. The van der Waals surface area contributed by atoms with E-state index in [0.29, 0.717) is 12.5 Å². The van der Waals surface area contributed by atoms with Crippen molar-refractivity contribution < 1.29 is 9.47 Å². The Balaban J connectivity index is 2.41. The van der Waals surface area contributed by atoms with Crippen molar-refractivity contribution in [3.63, 3.8) is 0 Å². The van der Waals surface area contributed by atoms with Crippen molar-refractivity contribution in [1.29, 1.82) is 0 Å². The van der Waals surface area contributed by atoms with Gasteiger partial charge in [-0.2, -0.15) is 0 Å². The van der Waals surface area contributed by atoms with Crippen LogP contribution in [-0.2, 0) is 0 Å². The SMILES string of the molecule is CCOc1ccc(OC(CC)CNCC(C)C)cc1. The van der Waals surface area contributed by atoms with Crippen LogP contribution in [0.5, 0.6) is 11.5 Å². The van der Waals surface area contributed by atoms with Crippen LogP contribution >= 0.6 is 0 Å². The summed E-state index contributed by atoms with van der Waals surface area (Å²) >= 11 is 0. The number of hydrogen-bond acceptors (Lipinski definition) is 3. The van der Waals surface area contributed by atoms with Crippen LogP contribution in [0.15, 0.2) is 24.3 Å². The molecule has 0 aliphatic carbocycles. The first kappa shape index (κ1) is 15.8. The molecular weight excluding hydrogens is 238 g/mol. The third kappa shape index (κ3) is 6.48. The maximum atomic E-state index is 5.96. The number of ether oxygens (including phenoxy) is 2. The number of benzene rings is 1. The van der Waals surface area contributed by atoms with Crippen LogP contribution in [0.25, 0.3) is 0 Å². The second-order valence-electron chi connectivity index (χ2n) is 5.10. The normalized spacial score (nSPS) is 12.5. The van der Waals surface area contributed by atoms with Gasteiger partial charge in [0.25, 0.3) is 0 Å². The van der Waals surface area contributed by atoms with E-state index in [1.807, 2.05) is 31.2 Å². The summed E-state index contributed by atoms with van der Waals surface area (Å²) in [5, 5.41) is 3.44. The average molecular weight is 265 g/mol. The van der Waals surface area contributed by atoms with Crippen molar-refractivity contribution in [3.05, 3.63) is 24.3 Å². The lowest BCUT2D eigenvalue weighted by atomic mass is 10.2. The molecule has 1 aromatic carbocycles. The largest absolute Gasteiger partial charge is 0.494 e. The third-order valence-electron chi connectivity index (χ3n) is 2.82. The lowest BCUT2D eigenvalue weighted by Crippen LogP contribution is -2.32. The van der Waals surface area contributed by atoms with Gasteiger partial charge >= 0.3 is 0 Å². The van der Waals surface area contributed by atoms with Crippen molar-refractivity contribution in [2.24, 2.45) is 5.92 Å². The minimum Gasteiger partial charge on any atom is -0.494 e. The van der Waals surface area contributed by atoms with Crippen LogP contribution in [0, 0.1) is 5.92 Å². The van der Waals surface area contributed by atoms with Gasteiger partial charge in [0, 0.05) is 6.54 Å². The highest BCUT2D eigenvalue weighted by molar-refractivity contribution is 5.31. The fourth-order valence-electron chi connectivity index (χ4n) is 1.78. The van der Waals surface area contributed by atoms with Gasteiger partial charge in [0.15, 0.2) is 0 Å². The second-order valence-corrected chi connectivity index (χ2v) is 5.10. The molecule has 0 spiro atoms. The van der Waals surface area contributed by atoms with E-state index in [1.165, 1.54) is 0 Å². The summed E-state index contributed by atoms with van der Waals surface area (Å²) in [4.78, 5) is 0. The Hall–Kier alpha value is -1.22. The van der Waals surface area contributed by atoms with E-state index in [4.69, 9.17) is 9.47 Å². The van der Waals surface area contributed by atoms with Gasteiger partial charge in [0.05, 0.1) is 6.61 Å². The fourth-order valence-corrected chi connectivity index (χ4v) is 1.78. The molecule has 0 saturated carbocycles. The van der Waals surface area contributed by atoms with Crippen LogP contribution in [0.3, 0.4) is 0 Å². The first-order chi connectivity index (χ1) is 9.15. The lowest BCUT2D eigenvalue weighted by Gasteiger charge is -2.19. The molecule has 19 heavy (non-hydrogen) atoms. The van der Waals surface area contributed by atoms with Crippen LogP contribution in [-0.4, -0.2) is 25.8 Å². The fraction of sp³-hybridized carbons (Fsp3) is 0.625. The summed E-state index contributed by atoms with van der Waals surface area (Å²) in [5.41, 5.74) is 0. The highest BCUT2D eigenvalue weighted by Gasteiger charge is 2.08. The van der Waals surface area contributed by atoms with Crippen LogP contribution < -0.4 is 14.8 Å². The Kier molecular flexibility index (Phi) is 7.34. The molecule has 1 aromatic rings. The van der Waals surface area contributed by atoms with E-state index in [2.05, 4.69) is 26.1 Å². The zero-order valence-electron chi connectivity index (χ0n) is 12.6. The van der Waals surface area contributed by atoms with E-state index in [0.717, 1.165) is 31.0 Å². The van der Waals surface area contributed by atoms with E-state index >= 15 is 0 Å². The summed E-state index contributed by atoms with van der Waals surface area (Å²) < 4.78 is 11.4. The van der Waals surface area contributed by atoms with Crippen molar-refractivity contribution >= 4 is 0 Å². The summed E-state index contributed by atoms with van der Waals surface area (Å²) in [6.45, 7) is 11.2. The molecule has 0 fully saturated rings. The van der Waals surface area contributed by atoms with Gasteiger partial charge in [-0.25, -0.2) is 0 Å². The van der Waals surface area contributed by atoms with Gasteiger partial charge in [-0.3, -0.25) is 0 Å². The Morgan fingerprint density at radius 2 is 1.63 bits per heavy atom. The van der Waals surface area contributed by atoms with Crippen LogP contribution in [0.1, 0.15) is 34.1 Å². The van der Waals surface area contributed by atoms with E-state index in [-0.39, 0.29) is 6.10 Å². The summed E-state index contributed by atoms with van der Waals surface area (Å²) in [5.74, 6) is 2.46. The number of rotatable bonds is 9. The van der Waals surface area contributed by atoms with Crippen LogP contribution in [0.4, 0.5) is 0 Å². The molecule has 0 aromatic heterocycles. The highest BCUT2D eigenvalue weighted by atomic mass is 16.5. The van der Waals surface area contributed by atoms with Gasteiger partial charge in [-0.05, 0) is 50.1 Å². The Labute approximate surface area is 117 Å². The molecule has 0 radical (unpaired) electrons. The molecule has 0 aliphatic heterocycles. The molecule has 0 amide bonds. The molecular formula is C16H27NO2. The maximum absolute atomic E-state index is 5.96. The van der Waals surface area contributed by atoms with Crippen molar-refractivity contribution in [2.75, 3.05) is 19.7 Å². The molecule has 1 atom stereocenters. The molecule has 0 bridgehead atoms. The molecule has 0 saturated heterocycles. The van der Waals surface area contributed by atoms with Crippen molar-refractivity contribution in [3.8, 4) is 11.5 Å². The maximum Gasteiger partial charge on any atom is 0.120 e. The molecule has 108 valence electrons. The minimum atomic E-state index is 0.219. The predicted molar refractivity (Wildman–Crippen MR) is 80.0 cm³/mol. The van der Waals surface area contributed by atoms with E-state index < -0.39 is 0 Å². The first-order valence-corrected chi connectivity index (χ1v) is 7.25. The van der Waals surface area contributed by atoms with E-state index in [1.54, 1.807) is 0 Å². The molecule has 3 heteroatoms. The summed E-state index contributed by atoms with van der Waals surface area (Å²) in [6.07, 6.45) is 1.22. The Morgan fingerprint density at radius 1 is 1.00 bits per heavy atom. The van der Waals surface area contributed by atoms with Crippen molar-refractivity contribution in [1.82, 2.24) is 5.32 Å². The van der Waals surface area contributed by atoms with Gasteiger partial charge in [-0.1, -0.05) is 20.8 Å². The number of hydrogen-bond donors (Lipinski definition) is 1. The molecule has 0 heterocycles. The number of nitrogens with one attached hydrogen (secondary N) is 1. The van der Waals surface area contributed by atoms with Gasteiger partial charge in [0.1, 0.15) is 17.6 Å². The molecule has 3 nitrogen and oxygen atoms in total. The smallest absolute Gasteiger partial charge is 0.120 e. The predicted octanol–water partition coefficient (Wildman–Crippen LogP) is 3.49. The quantitative estimate of drug-likeness (QED) is 0.741. The Bertz CT molecular complexity index is 335. The van der Waals surface area contributed by atoms with Crippen molar-refractivity contribution in [2.45, 2.75) is 40.2 Å². The zero-order valence-corrected chi connectivity index (χ0v) is 12.6. The molecule has 1 rings (SSSR count). The van der Waals surface area contributed by atoms with Gasteiger partial charge in [-0.15, -0.1) is 0 Å². The molecule has 1 unspecified atom stereocenters. The molecule has 1 N–H and O–H groups in total. The molecule has 0 aliphatic rings. The monoisotopic (exact) mass is 265 g/mol. The standard InChI is InChI=1S/C16H27NO2/c1-5-14(12-17-11-13(3)4)19-16-9-7-15(8-10-16)18-6-2/h7-10,13-14,17H,5-6,11-12H2,1-4H3. The Morgan fingerprint density at radius 3 is 2.16 bits per heavy atom. The zero-order chi connectivity index (χ0) is 14.1. The van der Waals surface area contributed by atoms with Gasteiger partial charge in [0.2, 0.25) is 0 Å². The first-order valence-electron chi connectivity index (χ1n) is 7.25. The average Bonchev–Trinajstić information content (AvgIpc) is 2.39. The summed E-state index contributed by atoms with van der Waals surface area (Å²) in [6, 6.07) is 7.84. The van der Waals surface area contributed by atoms with E-state index in [9.17, 15) is 0 Å². The highest BCUT2D eigenvalue weighted by Crippen LogP contribution is 2.19. The summed E-state index contributed by atoms with van der Waals surface area (Å²) in [7, 11) is 0. The van der Waals surface area contributed by atoms with Gasteiger partial charge < -0.3 is 14.8 Å². The third-order valence-corrected chi connectivity index (χ3v) is 2.82.